The van der Waals surface area contributed by atoms with Gasteiger partial charge in [-0.3, -0.25) is 0 Å². The minimum Gasteiger partial charge on any atom is -0.430 e. The van der Waals surface area contributed by atoms with Crippen molar-refractivity contribution in [2.75, 3.05) is 6.61 Å². The van der Waals surface area contributed by atoms with E-state index in [2.05, 4.69) is 34.6 Å². The second-order valence-electron chi connectivity index (χ2n) is 18.6. The van der Waals surface area contributed by atoms with Crippen LogP contribution in [-0.2, 0) is 23.7 Å². The zero-order valence-corrected chi connectivity index (χ0v) is 29.0. The SMILES string of the molecule is CC1CC2OC3(OC2C(C)(C)O)C1C1(C)CCC24CC25CCC(OC(=O)OC2OCC(O)C(O)C2O)C(C)(C)C5CCC4C1(C)C3O. The molecule has 0 aromatic heterocycles. The first-order valence-electron chi connectivity index (χ1n) is 18.1. The zero-order chi connectivity index (χ0) is 33.9. The fourth-order valence-electron chi connectivity index (χ4n) is 14.0. The number of hydrogen-bond donors (Lipinski definition) is 5. The van der Waals surface area contributed by atoms with Crippen molar-refractivity contribution in [3.8, 4) is 0 Å². The van der Waals surface area contributed by atoms with Crippen molar-refractivity contribution in [1.82, 2.24) is 0 Å². The molecule has 5 aliphatic carbocycles. The molecule has 0 amide bonds. The minimum atomic E-state index is -1.57. The van der Waals surface area contributed by atoms with Crippen molar-refractivity contribution in [3.63, 3.8) is 0 Å². The number of rotatable bonds is 3. The molecule has 2 bridgehead atoms. The Morgan fingerprint density at radius 1 is 0.872 bits per heavy atom. The average molecular weight is 665 g/mol. The standard InChI is InChI=1S/C36H56O11/c1-17-14-19-26(31(4,5)42)47-36(46-19)25(17)32(6)12-13-35-16-34(35)11-10-22(44-29(41)45-27-24(39)23(38)18(37)15-43-27)30(2,3)20(34)8-9-21(35)33(32,7)28(36)40/h17-28,37-40,42H,8-16H2,1-7H3. The Bertz CT molecular complexity index is 1320. The van der Waals surface area contributed by atoms with E-state index in [9.17, 15) is 30.3 Å². The minimum absolute atomic E-state index is 0.0333. The molecule has 0 radical (unpaired) electrons. The van der Waals surface area contributed by atoms with Crippen LogP contribution in [0.3, 0.4) is 0 Å². The molecular formula is C36H56O11. The summed E-state index contributed by atoms with van der Waals surface area (Å²) in [5.74, 6) is -0.175. The topological polar surface area (TPSA) is 164 Å². The molecule has 17 atom stereocenters. The lowest BCUT2D eigenvalue weighted by Gasteiger charge is -2.63. The van der Waals surface area contributed by atoms with Crippen LogP contribution < -0.4 is 0 Å². The first-order valence-corrected chi connectivity index (χ1v) is 18.1. The van der Waals surface area contributed by atoms with E-state index in [-0.39, 0.29) is 40.3 Å². The van der Waals surface area contributed by atoms with Crippen LogP contribution in [-0.4, -0.2) is 98.7 Å². The van der Waals surface area contributed by atoms with E-state index in [1.54, 1.807) is 13.8 Å². The van der Waals surface area contributed by atoms with Gasteiger partial charge in [-0.25, -0.2) is 4.79 Å². The Kier molecular flexibility index (Phi) is 6.93. The van der Waals surface area contributed by atoms with Gasteiger partial charge in [0, 0.05) is 16.7 Å². The smallest absolute Gasteiger partial charge is 0.430 e. The molecule has 3 heterocycles. The van der Waals surface area contributed by atoms with E-state index >= 15 is 0 Å². The van der Waals surface area contributed by atoms with Crippen LogP contribution in [0, 0.1) is 50.7 Å². The Labute approximate surface area is 277 Å². The Hall–Kier alpha value is -1.05. The molecule has 5 N–H and O–H groups in total. The maximum atomic E-state index is 13.0. The van der Waals surface area contributed by atoms with Gasteiger partial charge in [-0.05, 0) is 99.2 Å². The molecule has 5 saturated carbocycles. The van der Waals surface area contributed by atoms with Crippen LogP contribution in [0.4, 0.5) is 4.79 Å². The van der Waals surface area contributed by atoms with Crippen molar-refractivity contribution in [1.29, 1.82) is 0 Å². The molecule has 17 unspecified atom stereocenters. The van der Waals surface area contributed by atoms with Gasteiger partial charge in [0.25, 0.3) is 0 Å². The van der Waals surface area contributed by atoms with Gasteiger partial charge in [0.2, 0.25) is 6.29 Å². The van der Waals surface area contributed by atoms with Crippen molar-refractivity contribution >= 4 is 6.16 Å². The Morgan fingerprint density at radius 3 is 2.26 bits per heavy atom. The van der Waals surface area contributed by atoms with Gasteiger partial charge < -0.3 is 49.2 Å². The number of aliphatic hydroxyl groups is 5. The number of hydrogen-bond acceptors (Lipinski definition) is 11. The van der Waals surface area contributed by atoms with Gasteiger partial charge in [-0.15, -0.1) is 0 Å². The largest absolute Gasteiger partial charge is 0.510 e. The number of fused-ring (bicyclic) bond motifs is 4. The van der Waals surface area contributed by atoms with Gasteiger partial charge in [-0.1, -0.05) is 34.6 Å². The third kappa shape index (κ3) is 3.89. The van der Waals surface area contributed by atoms with E-state index in [1.165, 1.54) is 0 Å². The molecule has 8 aliphatic rings. The number of aliphatic hydroxyl groups excluding tert-OH is 4. The fourth-order valence-corrected chi connectivity index (χ4v) is 14.0. The molecule has 8 fully saturated rings. The Morgan fingerprint density at radius 2 is 1.55 bits per heavy atom. The van der Waals surface area contributed by atoms with E-state index < -0.39 is 65.9 Å². The van der Waals surface area contributed by atoms with Crippen LogP contribution in [0.5, 0.6) is 0 Å². The maximum Gasteiger partial charge on any atom is 0.510 e. The molecule has 0 aromatic carbocycles. The summed E-state index contributed by atoms with van der Waals surface area (Å²) in [5, 5.41) is 53.7. The first-order chi connectivity index (χ1) is 21.8. The van der Waals surface area contributed by atoms with Crippen molar-refractivity contribution in [2.45, 2.75) is 160 Å². The summed E-state index contributed by atoms with van der Waals surface area (Å²) in [6.45, 7) is 14.7. The highest BCUT2D eigenvalue weighted by molar-refractivity contribution is 5.60. The highest BCUT2D eigenvalue weighted by Gasteiger charge is 2.88. The lowest BCUT2D eigenvalue weighted by Crippen LogP contribution is -2.60. The second kappa shape index (κ2) is 9.84. The van der Waals surface area contributed by atoms with E-state index in [4.69, 9.17) is 23.7 Å². The molecular weight excluding hydrogens is 608 g/mol. The average Bonchev–Trinajstić information content (AvgIpc) is 3.50. The van der Waals surface area contributed by atoms with E-state index in [0.29, 0.717) is 24.2 Å². The molecule has 3 saturated heterocycles. The van der Waals surface area contributed by atoms with Gasteiger partial charge in [0.05, 0.1) is 18.3 Å². The summed E-state index contributed by atoms with van der Waals surface area (Å²) < 4.78 is 30.1. The molecule has 3 spiro atoms. The highest BCUT2D eigenvalue weighted by atomic mass is 16.8. The molecule has 47 heavy (non-hydrogen) atoms. The maximum absolute atomic E-state index is 13.0. The summed E-state index contributed by atoms with van der Waals surface area (Å²) >= 11 is 0. The van der Waals surface area contributed by atoms with Crippen LogP contribution >= 0.6 is 0 Å². The second-order valence-corrected chi connectivity index (χ2v) is 18.6. The molecule has 11 heteroatoms. The van der Waals surface area contributed by atoms with Crippen LogP contribution in [0.2, 0.25) is 0 Å². The van der Waals surface area contributed by atoms with Gasteiger partial charge in [0.1, 0.15) is 36.6 Å². The summed E-state index contributed by atoms with van der Waals surface area (Å²) in [4.78, 5) is 13.0. The predicted octanol–water partition coefficient (Wildman–Crippen LogP) is 3.26. The number of carbonyl (C=O) groups excluding carboxylic acids is 1. The molecule has 8 rings (SSSR count). The van der Waals surface area contributed by atoms with Gasteiger partial charge in [-0.2, -0.15) is 0 Å². The van der Waals surface area contributed by atoms with Crippen molar-refractivity contribution < 1.29 is 54.0 Å². The summed E-state index contributed by atoms with van der Waals surface area (Å²) in [7, 11) is 0. The van der Waals surface area contributed by atoms with E-state index in [0.717, 1.165) is 44.9 Å². The van der Waals surface area contributed by atoms with Gasteiger partial charge in [0.15, 0.2) is 5.79 Å². The highest BCUT2D eigenvalue weighted by Crippen LogP contribution is 2.90. The zero-order valence-electron chi connectivity index (χ0n) is 29.0. The van der Waals surface area contributed by atoms with Crippen molar-refractivity contribution in [2.24, 2.45) is 50.7 Å². The molecule has 0 aromatic rings. The molecule has 3 aliphatic heterocycles. The monoisotopic (exact) mass is 664 g/mol. The van der Waals surface area contributed by atoms with Crippen LogP contribution in [0.15, 0.2) is 0 Å². The third-order valence-corrected chi connectivity index (χ3v) is 16.0. The molecule has 11 nitrogen and oxygen atoms in total. The number of carbonyl (C=O) groups is 1. The molecule has 266 valence electrons. The fraction of sp³-hybridized carbons (Fsp3) is 0.972. The van der Waals surface area contributed by atoms with Gasteiger partial charge >= 0.3 is 6.16 Å². The normalized spacial score (nSPS) is 58.7. The first kappa shape index (κ1) is 33.1. The summed E-state index contributed by atoms with van der Waals surface area (Å²) in [5.41, 5.74) is -1.84. The summed E-state index contributed by atoms with van der Waals surface area (Å²) in [6.07, 6.45) is -1.05. The summed E-state index contributed by atoms with van der Waals surface area (Å²) in [6, 6.07) is 0. The van der Waals surface area contributed by atoms with Crippen molar-refractivity contribution in [3.05, 3.63) is 0 Å². The lowest BCUT2D eigenvalue weighted by atomic mass is 9.41. The third-order valence-electron chi connectivity index (χ3n) is 16.0. The lowest BCUT2D eigenvalue weighted by molar-refractivity contribution is -0.282. The van der Waals surface area contributed by atoms with Crippen LogP contribution in [0.25, 0.3) is 0 Å². The number of ether oxygens (including phenoxy) is 5. The predicted molar refractivity (Wildman–Crippen MR) is 165 cm³/mol. The van der Waals surface area contributed by atoms with E-state index in [1.807, 2.05) is 0 Å². The quantitative estimate of drug-likeness (QED) is 0.282. The Balaban J connectivity index is 1.04. The van der Waals surface area contributed by atoms with Crippen LogP contribution in [0.1, 0.15) is 99.8 Å².